The van der Waals surface area contributed by atoms with Crippen LogP contribution in [0.2, 0.25) is 10.0 Å². The highest BCUT2D eigenvalue weighted by Gasteiger charge is 2.34. The van der Waals surface area contributed by atoms with Crippen molar-refractivity contribution in [2.75, 3.05) is 6.54 Å². The summed E-state index contributed by atoms with van der Waals surface area (Å²) in [7, 11) is 0. The van der Waals surface area contributed by atoms with Crippen LogP contribution >= 0.6 is 23.2 Å². The molecule has 1 aliphatic rings. The van der Waals surface area contributed by atoms with Gasteiger partial charge >= 0.3 is 5.97 Å². The van der Waals surface area contributed by atoms with E-state index in [1.165, 1.54) is 4.90 Å². The Morgan fingerprint density at radius 1 is 1.27 bits per heavy atom. The fourth-order valence-corrected chi connectivity index (χ4v) is 3.67. The molecule has 1 N–H and O–H groups in total. The molecule has 0 radical (unpaired) electrons. The maximum atomic E-state index is 12.7. The second-order valence-corrected chi connectivity index (χ2v) is 7.23. The van der Waals surface area contributed by atoms with Crippen LogP contribution in [0.25, 0.3) is 5.69 Å². The van der Waals surface area contributed by atoms with Gasteiger partial charge in [-0.05, 0) is 44.9 Å². The van der Waals surface area contributed by atoms with Crippen molar-refractivity contribution in [3.05, 3.63) is 45.2 Å². The van der Waals surface area contributed by atoms with E-state index in [4.69, 9.17) is 23.2 Å². The fourth-order valence-electron chi connectivity index (χ4n) is 3.37. The molecule has 0 spiro atoms. The zero-order valence-corrected chi connectivity index (χ0v) is 16.0. The number of carboxylic acids is 1. The average molecular weight is 396 g/mol. The minimum absolute atomic E-state index is 0.128. The molecule has 26 heavy (non-hydrogen) atoms. The zero-order valence-electron chi connectivity index (χ0n) is 14.5. The molecule has 0 bridgehead atoms. The first-order valence-corrected chi connectivity index (χ1v) is 9.08. The van der Waals surface area contributed by atoms with Gasteiger partial charge in [-0.25, -0.2) is 9.48 Å². The average Bonchev–Trinajstić information content (AvgIpc) is 3.18. The first-order chi connectivity index (χ1) is 12.3. The Morgan fingerprint density at radius 2 is 2.00 bits per heavy atom. The predicted octanol–water partition coefficient (Wildman–Crippen LogP) is 3.41. The molecule has 0 saturated carbocycles. The second kappa shape index (κ2) is 7.29. The van der Waals surface area contributed by atoms with Gasteiger partial charge < -0.3 is 10.0 Å². The van der Waals surface area contributed by atoms with E-state index < -0.39 is 12.0 Å². The largest absolute Gasteiger partial charge is 0.480 e. The molecule has 2 heterocycles. The summed E-state index contributed by atoms with van der Waals surface area (Å²) >= 11 is 12.1. The highest BCUT2D eigenvalue weighted by Crippen LogP contribution is 2.27. The van der Waals surface area contributed by atoms with Gasteiger partial charge in [-0.2, -0.15) is 5.10 Å². The van der Waals surface area contributed by atoms with Crippen molar-refractivity contribution in [1.82, 2.24) is 14.7 Å². The maximum Gasteiger partial charge on any atom is 0.326 e. The summed E-state index contributed by atoms with van der Waals surface area (Å²) in [5.74, 6) is -1.13. The van der Waals surface area contributed by atoms with E-state index in [1.807, 2.05) is 13.8 Å². The number of hydrogen-bond donors (Lipinski definition) is 1. The maximum absolute atomic E-state index is 12.7. The molecule has 1 atom stereocenters. The van der Waals surface area contributed by atoms with Gasteiger partial charge in [0.2, 0.25) is 5.91 Å². The second-order valence-electron chi connectivity index (χ2n) is 6.42. The number of benzene rings is 1. The number of aromatic nitrogens is 2. The molecule has 0 aliphatic carbocycles. The van der Waals surface area contributed by atoms with Crippen LogP contribution in [0.5, 0.6) is 0 Å². The van der Waals surface area contributed by atoms with Crippen LogP contribution in [0.15, 0.2) is 18.2 Å². The molecule has 1 fully saturated rings. The number of rotatable bonds is 4. The SMILES string of the molecule is Cc1nn(-c2ccc(Cl)c(Cl)c2)c(C)c1CC(=O)N1CCCC1C(=O)O. The zero-order chi connectivity index (χ0) is 19.0. The van der Waals surface area contributed by atoms with E-state index in [-0.39, 0.29) is 12.3 Å². The lowest BCUT2D eigenvalue weighted by Gasteiger charge is -2.21. The van der Waals surface area contributed by atoms with Gasteiger partial charge in [0.05, 0.1) is 27.8 Å². The van der Waals surface area contributed by atoms with Gasteiger partial charge in [0.15, 0.2) is 0 Å². The summed E-state index contributed by atoms with van der Waals surface area (Å²) in [6, 6.07) is 4.49. The smallest absolute Gasteiger partial charge is 0.326 e. The summed E-state index contributed by atoms with van der Waals surface area (Å²) in [5, 5.41) is 14.7. The van der Waals surface area contributed by atoms with Gasteiger partial charge in [-0.15, -0.1) is 0 Å². The van der Waals surface area contributed by atoms with Crippen molar-refractivity contribution >= 4 is 35.1 Å². The number of likely N-dealkylation sites (tertiary alicyclic amines) is 1. The van der Waals surface area contributed by atoms with Gasteiger partial charge in [0, 0.05) is 17.8 Å². The number of carbonyl (C=O) groups is 2. The Morgan fingerprint density at radius 3 is 2.65 bits per heavy atom. The standard InChI is InChI=1S/C18H19Cl2N3O3/c1-10-13(9-17(24)22-7-3-4-16(22)18(25)26)11(2)23(21-10)12-5-6-14(19)15(20)8-12/h5-6,8,16H,3-4,7,9H2,1-2H3,(H,25,26). The van der Waals surface area contributed by atoms with Crippen molar-refractivity contribution < 1.29 is 14.7 Å². The molecular formula is C18H19Cl2N3O3. The lowest BCUT2D eigenvalue weighted by molar-refractivity contribution is -0.148. The first kappa shape index (κ1) is 18.7. The molecule has 1 saturated heterocycles. The van der Waals surface area contributed by atoms with Crippen molar-refractivity contribution in [2.24, 2.45) is 0 Å². The molecule has 2 aromatic rings. The highest BCUT2D eigenvalue weighted by molar-refractivity contribution is 6.42. The Kier molecular flexibility index (Phi) is 5.25. The molecule has 1 amide bonds. The first-order valence-electron chi connectivity index (χ1n) is 8.32. The minimum Gasteiger partial charge on any atom is -0.480 e. The third kappa shape index (κ3) is 3.44. The summed E-state index contributed by atoms with van der Waals surface area (Å²) in [6.45, 7) is 4.20. The number of nitrogens with zero attached hydrogens (tertiary/aromatic N) is 3. The van der Waals surface area contributed by atoms with Crippen LogP contribution in [0.1, 0.15) is 29.8 Å². The quantitative estimate of drug-likeness (QED) is 0.860. The van der Waals surface area contributed by atoms with Crippen molar-refractivity contribution in [2.45, 2.75) is 39.2 Å². The van der Waals surface area contributed by atoms with Crippen LogP contribution < -0.4 is 0 Å². The minimum atomic E-state index is -0.948. The number of halogens is 2. The molecule has 1 aliphatic heterocycles. The number of aryl methyl sites for hydroxylation is 1. The summed E-state index contributed by atoms with van der Waals surface area (Å²) in [4.78, 5) is 25.4. The van der Waals surface area contributed by atoms with Crippen LogP contribution in [0, 0.1) is 13.8 Å². The van der Waals surface area contributed by atoms with E-state index in [1.54, 1.807) is 22.9 Å². The molecule has 1 aromatic heterocycles. The Hall–Kier alpha value is -2.05. The molecule has 8 heteroatoms. The van der Waals surface area contributed by atoms with E-state index in [0.29, 0.717) is 29.4 Å². The van der Waals surface area contributed by atoms with Gasteiger partial charge in [-0.3, -0.25) is 4.79 Å². The molecule has 138 valence electrons. The number of carbonyl (C=O) groups excluding carboxylic acids is 1. The number of aliphatic carboxylic acids is 1. The Labute approximate surface area is 161 Å². The van der Waals surface area contributed by atoms with E-state index >= 15 is 0 Å². The third-order valence-corrected chi connectivity index (χ3v) is 5.51. The Bertz CT molecular complexity index is 879. The molecule has 1 aromatic carbocycles. The van der Waals surface area contributed by atoms with Gasteiger partial charge in [0.1, 0.15) is 6.04 Å². The summed E-state index contributed by atoms with van der Waals surface area (Å²) in [5.41, 5.74) is 3.11. The van der Waals surface area contributed by atoms with Gasteiger partial charge in [-0.1, -0.05) is 23.2 Å². The van der Waals surface area contributed by atoms with E-state index in [9.17, 15) is 14.7 Å². The number of hydrogen-bond acceptors (Lipinski definition) is 3. The number of amides is 1. The topological polar surface area (TPSA) is 75.4 Å². The van der Waals surface area contributed by atoms with Gasteiger partial charge in [0.25, 0.3) is 0 Å². The summed E-state index contributed by atoms with van der Waals surface area (Å²) in [6.07, 6.45) is 1.34. The molecular weight excluding hydrogens is 377 g/mol. The molecule has 6 nitrogen and oxygen atoms in total. The normalized spacial score (nSPS) is 16.9. The van der Waals surface area contributed by atoms with Crippen molar-refractivity contribution in [3.8, 4) is 5.69 Å². The van der Waals surface area contributed by atoms with E-state index in [2.05, 4.69) is 5.10 Å². The third-order valence-electron chi connectivity index (χ3n) is 4.78. The molecule has 3 rings (SSSR count). The van der Waals surface area contributed by atoms with Crippen LogP contribution in [0.3, 0.4) is 0 Å². The van der Waals surface area contributed by atoms with Crippen molar-refractivity contribution in [3.63, 3.8) is 0 Å². The lowest BCUT2D eigenvalue weighted by Crippen LogP contribution is -2.41. The highest BCUT2D eigenvalue weighted by atomic mass is 35.5. The van der Waals surface area contributed by atoms with Crippen molar-refractivity contribution in [1.29, 1.82) is 0 Å². The van der Waals surface area contributed by atoms with Crippen LogP contribution in [-0.4, -0.2) is 44.3 Å². The Balaban J connectivity index is 1.87. The fraction of sp³-hybridized carbons (Fsp3) is 0.389. The summed E-state index contributed by atoms with van der Waals surface area (Å²) < 4.78 is 1.72. The molecule has 1 unspecified atom stereocenters. The monoisotopic (exact) mass is 395 g/mol. The van der Waals surface area contributed by atoms with Crippen LogP contribution in [-0.2, 0) is 16.0 Å². The number of carboxylic acid groups (broad SMARTS) is 1. The lowest BCUT2D eigenvalue weighted by atomic mass is 10.1. The van der Waals surface area contributed by atoms with Crippen LogP contribution in [0.4, 0.5) is 0 Å². The predicted molar refractivity (Wildman–Crippen MR) is 99.1 cm³/mol. The van der Waals surface area contributed by atoms with E-state index in [0.717, 1.165) is 22.6 Å².